The summed E-state index contributed by atoms with van der Waals surface area (Å²) in [6.45, 7) is 6.33. The van der Waals surface area contributed by atoms with Crippen LogP contribution in [-0.4, -0.2) is 10.2 Å². The Hall–Kier alpha value is -1.37. The van der Waals surface area contributed by atoms with Crippen molar-refractivity contribution in [1.29, 1.82) is 0 Å². The van der Waals surface area contributed by atoms with Gasteiger partial charge in [-0.1, -0.05) is 64.9 Å². The molecular weight excluding hydrogens is 279 g/mol. The highest BCUT2D eigenvalue weighted by atomic mass is 31.1. The van der Waals surface area contributed by atoms with E-state index < -0.39 is 0 Å². The van der Waals surface area contributed by atoms with Crippen LogP contribution < -0.4 is 5.30 Å². The summed E-state index contributed by atoms with van der Waals surface area (Å²) in [7, 11) is 0.504. The first kappa shape index (κ1) is 16.0. The third-order valence-corrected chi connectivity index (χ3v) is 6.07. The molecule has 2 rings (SSSR count). The van der Waals surface area contributed by atoms with Gasteiger partial charge in [-0.3, -0.25) is 0 Å². The van der Waals surface area contributed by atoms with Gasteiger partial charge in [-0.05, 0) is 29.8 Å². The fourth-order valence-corrected chi connectivity index (χ4v) is 4.14. The lowest BCUT2D eigenvalue weighted by Crippen LogP contribution is -2.20. The topological polar surface area (TPSA) is 40.5 Å². The van der Waals surface area contributed by atoms with E-state index in [9.17, 15) is 10.2 Å². The maximum atomic E-state index is 10.4. The molecule has 2 nitrogen and oxygen atoms in total. The smallest absolute Gasteiger partial charge is 0.122 e. The number of hydrogen-bond donors (Lipinski definition) is 2. The SMILES string of the molecule is CCC(C)(Pc1ccccc1CO)c1cccc(C)c1O. The van der Waals surface area contributed by atoms with Gasteiger partial charge in [0.15, 0.2) is 0 Å². The molecule has 3 heteroatoms. The lowest BCUT2D eigenvalue weighted by molar-refractivity contribution is 0.283. The second-order valence-corrected chi connectivity index (χ2v) is 7.49. The van der Waals surface area contributed by atoms with E-state index in [1.54, 1.807) is 0 Å². The first-order valence-electron chi connectivity index (χ1n) is 7.28. The van der Waals surface area contributed by atoms with Gasteiger partial charge in [0.05, 0.1) is 6.61 Å². The molecule has 0 heterocycles. The number of phenolic OH excluding ortho intramolecular Hbond substituents is 1. The first-order chi connectivity index (χ1) is 10.0. The fourth-order valence-electron chi connectivity index (χ4n) is 2.53. The summed E-state index contributed by atoms with van der Waals surface area (Å²) in [6, 6.07) is 13.9. The molecule has 112 valence electrons. The van der Waals surface area contributed by atoms with Crippen LogP contribution in [0.3, 0.4) is 0 Å². The van der Waals surface area contributed by atoms with E-state index >= 15 is 0 Å². The summed E-state index contributed by atoms with van der Waals surface area (Å²) in [5.74, 6) is 0.399. The van der Waals surface area contributed by atoms with E-state index in [1.807, 2.05) is 43.3 Å². The van der Waals surface area contributed by atoms with Crippen molar-refractivity contribution in [2.45, 2.75) is 39.0 Å². The Morgan fingerprint density at radius 3 is 2.48 bits per heavy atom. The molecular formula is C18H23O2P. The van der Waals surface area contributed by atoms with Gasteiger partial charge in [-0.2, -0.15) is 0 Å². The van der Waals surface area contributed by atoms with Crippen molar-refractivity contribution in [2.24, 2.45) is 0 Å². The molecule has 2 aromatic rings. The van der Waals surface area contributed by atoms with Crippen molar-refractivity contribution in [3.8, 4) is 5.75 Å². The van der Waals surface area contributed by atoms with Crippen molar-refractivity contribution in [3.63, 3.8) is 0 Å². The zero-order valence-corrected chi connectivity index (χ0v) is 13.9. The predicted octanol–water partition coefficient (Wildman–Crippen LogP) is 3.82. The van der Waals surface area contributed by atoms with Crippen LogP contribution in [0.5, 0.6) is 5.75 Å². The Morgan fingerprint density at radius 1 is 1.10 bits per heavy atom. The van der Waals surface area contributed by atoms with Gasteiger partial charge in [0.2, 0.25) is 0 Å². The van der Waals surface area contributed by atoms with Gasteiger partial charge >= 0.3 is 0 Å². The lowest BCUT2D eigenvalue weighted by Gasteiger charge is -2.31. The largest absolute Gasteiger partial charge is 0.507 e. The number of hydrogen-bond acceptors (Lipinski definition) is 2. The van der Waals surface area contributed by atoms with Crippen LogP contribution in [0.15, 0.2) is 42.5 Å². The normalized spacial score (nSPS) is 14.5. The molecule has 2 unspecified atom stereocenters. The zero-order chi connectivity index (χ0) is 15.5. The van der Waals surface area contributed by atoms with Crippen molar-refractivity contribution < 1.29 is 10.2 Å². The van der Waals surface area contributed by atoms with Gasteiger partial charge in [-0.15, -0.1) is 0 Å². The number of aryl methyl sites for hydroxylation is 1. The number of rotatable bonds is 5. The first-order valence-corrected chi connectivity index (χ1v) is 8.28. The molecule has 0 amide bonds. The number of para-hydroxylation sites is 1. The van der Waals surface area contributed by atoms with Crippen LogP contribution in [0.1, 0.15) is 37.0 Å². The standard InChI is InChI=1S/C18H23O2P/c1-4-18(3,15-10-7-8-13(2)17(15)20)21-16-11-6-5-9-14(16)12-19/h5-11,19-21H,4,12H2,1-3H3. The zero-order valence-electron chi connectivity index (χ0n) is 12.9. The second kappa shape index (κ2) is 6.60. The van der Waals surface area contributed by atoms with E-state index in [4.69, 9.17) is 0 Å². The van der Waals surface area contributed by atoms with Crippen LogP contribution >= 0.6 is 8.58 Å². The third-order valence-electron chi connectivity index (χ3n) is 4.14. The minimum atomic E-state index is -0.124. The molecule has 0 aliphatic rings. The molecule has 0 fully saturated rings. The Morgan fingerprint density at radius 2 is 1.81 bits per heavy atom. The van der Waals surface area contributed by atoms with E-state index in [2.05, 4.69) is 19.9 Å². The quantitative estimate of drug-likeness (QED) is 0.824. The van der Waals surface area contributed by atoms with Crippen molar-refractivity contribution in [3.05, 3.63) is 59.2 Å². The fraction of sp³-hybridized carbons (Fsp3) is 0.333. The average molecular weight is 302 g/mol. The average Bonchev–Trinajstić information content (AvgIpc) is 2.50. The highest BCUT2D eigenvalue weighted by Gasteiger charge is 2.29. The lowest BCUT2D eigenvalue weighted by atomic mass is 9.94. The highest BCUT2D eigenvalue weighted by Crippen LogP contribution is 2.47. The number of phenols is 1. The maximum absolute atomic E-state index is 10.4. The summed E-state index contributed by atoms with van der Waals surface area (Å²) in [5, 5.41) is 21.0. The molecule has 0 saturated carbocycles. The van der Waals surface area contributed by atoms with Crippen molar-refractivity contribution in [2.75, 3.05) is 0 Å². The Bertz CT molecular complexity index is 624. The van der Waals surface area contributed by atoms with Crippen LogP contribution in [0.2, 0.25) is 0 Å². The predicted molar refractivity (Wildman–Crippen MR) is 90.8 cm³/mol. The molecule has 0 bridgehead atoms. The number of aliphatic hydroxyl groups excluding tert-OH is 1. The highest BCUT2D eigenvalue weighted by molar-refractivity contribution is 7.48. The molecule has 0 aromatic heterocycles. The summed E-state index contributed by atoms with van der Waals surface area (Å²) >= 11 is 0. The molecule has 2 atom stereocenters. The van der Waals surface area contributed by atoms with Gasteiger partial charge in [0, 0.05) is 10.7 Å². The van der Waals surface area contributed by atoms with Gasteiger partial charge in [-0.25, -0.2) is 0 Å². The van der Waals surface area contributed by atoms with Crippen LogP contribution in [0, 0.1) is 6.92 Å². The van der Waals surface area contributed by atoms with Gasteiger partial charge in [0.25, 0.3) is 0 Å². The molecule has 0 aliphatic heterocycles. The molecule has 0 radical (unpaired) electrons. The molecule has 0 spiro atoms. The summed E-state index contributed by atoms with van der Waals surface area (Å²) < 4.78 is 0. The van der Waals surface area contributed by atoms with Crippen LogP contribution in [0.4, 0.5) is 0 Å². The van der Waals surface area contributed by atoms with Gasteiger partial charge < -0.3 is 10.2 Å². The minimum Gasteiger partial charge on any atom is -0.507 e. The monoisotopic (exact) mass is 302 g/mol. The Kier molecular flexibility index (Phi) is 5.03. The molecule has 0 aliphatic carbocycles. The Balaban J connectivity index is 2.44. The second-order valence-electron chi connectivity index (χ2n) is 5.60. The van der Waals surface area contributed by atoms with Gasteiger partial charge in [0.1, 0.15) is 5.75 Å². The summed E-state index contributed by atoms with van der Waals surface area (Å²) in [6.07, 6.45) is 0.933. The van der Waals surface area contributed by atoms with E-state index in [-0.39, 0.29) is 11.8 Å². The molecule has 0 saturated heterocycles. The number of aliphatic hydroxyl groups is 1. The van der Waals surface area contributed by atoms with Crippen LogP contribution in [0.25, 0.3) is 0 Å². The number of benzene rings is 2. The van der Waals surface area contributed by atoms with Crippen molar-refractivity contribution in [1.82, 2.24) is 0 Å². The molecule has 2 aromatic carbocycles. The van der Waals surface area contributed by atoms with E-state index in [1.165, 1.54) is 5.30 Å². The van der Waals surface area contributed by atoms with E-state index in [0.717, 1.165) is 23.1 Å². The summed E-state index contributed by atoms with van der Waals surface area (Å²) in [4.78, 5) is 0. The number of aromatic hydroxyl groups is 1. The van der Waals surface area contributed by atoms with E-state index in [0.29, 0.717) is 14.3 Å². The van der Waals surface area contributed by atoms with Crippen molar-refractivity contribution >= 4 is 13.9 Å². The summed E-state index contributed by atoms with van der Waals surface area (Å²) in [5.41, 5.74) is 2.88. The Labute approximate surface area is 128 Å². The van der Waals surface area contributed by atoms with Crippen LogP contribution in [-0.2, 0) is 11.8 Å². The third kappa shape index (κ3) is 3.28. The minimum absolute atomic E-state index is 0.0583. The molecule has 2 N–H and O–H groups in total. The maximum Gasteiger partial charge on any atom is 0.122 e. The molecule has 21 heavy (non-hydrogen) atoms.